The van der Waals surface area contributed by atoms with E-state index in [1.165, 1.54) is 0 Å². The summed E-state index contributed by atoms with van der Waals surface area (Å²) in [7, 11) is 0. The molecule has 0 saturated heterocycles. The second-order valence-electron chi connectivity index (χ2n) is 3.01. The van der Waals surface area contributed by atoms with Crippen molar-refractivity contribution in [3.05, 3.63) is 42.5 Å². The molecule has 76 valence electrons. The van der Waals surface area contributed by atoms with Gasteiger partial charge in [0.15, 0.2) is 0 Å². The third kappa shape index (κ3) is 2.50. The van der Waals surface area contributed by atoms with Gasteiger partial charge in [-0.1, -0.05) is 6.07 Å². The molecule has 3 nitrogen and oxygen atoms in total. The van der Waals surface area contributed by atoms with Crippen molar-refractivity contribution in [2.24, 2.45) is 0 Å². The molecule has 2 aromatic rings. The first-order valence-corrected chi connectivity index (χ1v) is 5.23. The number of halogens is 1. The van der Waals surface area contributed by atoms with E-state index in [4.69, 9.17) is 11.6 Å². The summed E-state index contributed by atoms with van der Waals surface area (Å²) in [6.45, 7) is 0. The van der Waals surface area contributed by atoms with Crippen LogP contribution in [-0.4, -0.2) is 20.8 Å². The zero-order valence-electron chi connectivity index (χ0n) is 8.10. The fraction of sp³-hybridized carbons (Fsp3) is 0.182. The first kappa shape index (κ1) is 10.1. The third-order valence-electron chi connectivity index (χ3n) is 1.95. The zero-order valence-corrected chi connectivity index (χ0v) is 8.85. The Labute approximate surface area is 93.2 Å². The van der Waals surface area contributed by atoms with Gasteiger partial charge in [0, 0.05) is 24.7 Å². The molecule has 0 aliphatic carbocycles. The van der Waals surface area contributed by atoms with Crippen LogP contribution in [0, 0.1) is 0 Å². The minimum atomic E-state index is 0.533. The number of aryl methyl sites for hydroxylation is 1. The predicted octanol–water partition coefficient (Wildman–Crippen LogP) is 2.32. The van der Waals surface area contributed by atoms with Crippen LogP contribution in [0.15, 0.2) is 36.7 Å². The summed E-state index contributed by atoms with van der Waals surface area (Å²) in [6, 6.07) is 7.59. The van der Waals surface area contributed by atoms with Crippen LogP contribution in [0.1, 0.15) is 5.82 Å². The van der Waals surface area contributed by atoms with Gasteiger partial charge in [-0.3, -0.25) is 4.98 Å². The molecular weight excluding hydrogens is 210 g/mol. The van der Waals surface area contributed by atoms with Crippen LogP contribution in [0.2, 0.25) is 0 Å². The molecule has 2 aromatic heterocycles. The van der Waals surface area contributed by atoms with E-state index >= 15 is 0 Å². The lowest BCUT2D eigenvalue weighted by Crippen LogP contribution is -1.97. The van der Waals surface area contributed by atoms with E-state index in [1.54, 1.807) is 12.4 Å². The van der Waals surface area contributed by atoms with Gasteiger partial charge < -0.3 is 0 Å². The molecule has 0 radical (unpaired) electrons. The molecule has 2 heterocycles. The van der Waals surface area contributed by atoms with Crippen molar-refractivity contribution in [3.63, 3.8) is 0 Å². The lowest BCUT2D eigenvalue weighted by atomic mass is 10.2. The minimum absolute atomic E-state index is 0.533. The van der Waals surface area contributed by atoms with Gasteiger partial charge in [-0.25, -0.2) is 9.97 Å². The molecule has 0 aliphatic heterocycles. The Morgan fingerprint density at radius 2 is 1.93 bits per heavy atom. The largest absolute Gasteiger partial charge is 0.255 e. The van der Waals surface area contributed by atoms with Gasteiger partial charge in [0.1, 0.15) is 5.82 Å². The van der Waals surface area contributed by atoms with Gasteiger partial charge in [0.25, 0.3) is 0 Å². The Bertz CT molecular complexity index is 431. The average Bonchev–Trinajstić information content (AvgIpc) is 2.31. The van der Waals surface area contributed by atoms with E-state index in [0.717, 1.165) is 17.2 Å². The van der Waals surface area contributed by atoms with E-state index in [-0.39, 0.29) is 0 Å². The number of hydrogen-bond donors (Lipinski definition) is 0. The second-order valence-corrected chi connectivity index (χ2v) is 3.39. The zero-order chi connectivity index (χ0) is 10.5. The molecule has 0 aromatic carbocycles. The van der Waals surface area contributed by atoms with Gasteiger partial charge in [0.2, 0.25) is 0 Å². The van der Waals surface area contributed by atoms with Crippen LogP contribution in [0.3, 0.4) is 0 Å². The van der Waals surface area contributed by atoms with Crippen LogP contribution in [0.5, 0.6) is 0 Å². The highest BCUT2D eigenvalue weighted by molar-refractivity contribution is 6.17. The maximum atomic E-state index is 5.64. The summed E-state index contributed by atoms with van der Waals surface area (Å²) in [5.74, 6) is 1.29. The van der Waals surface area contributed by atoms with Crippen molar-refractivity contribution in [2.75, 3.05) is 5.88 Å². The van der Waals surface area contributed by atoms with Crippen LogP contribution in [-0.2, 0) is 6.42 Å². The molecule has 0 saturated carbocycles. The van der Waals surface area contributed by atoms with Crippen molar-refractivity contribution in [1.29, 1.82) is 0 Å². The molecule has 0 N–H and O–H groups in total. The van der Waals surface area contributed by atoms with Crippen molar-refractivity contribution in [3.8, 4) is 11.4 Å². The molecule has 0 atom stereocenters. The summed E-state index contributed by atoms with van der Waals surface area (Å²) in [6.07, 6.45) is 4.17. The van der Waals surface area contributed by atoms with E-state index < -0.39 is 0 Å². The van der Waals surface area contributed by atoms with Gasteiger partial charge in [-0.05, 0) is 18.2 Å². The highest BCUT2D eigenvalue weighted by Gasteiger charge is 2.01. The number of alkyl halides is 1. The smallest absolute Gasteiger partial charge is 0.130 e. The molecule has 0 amide bonds. The molecule has 15 heavy (non-hydrogen) atoms. The van der Waals surface area contributed by atoms with Crippen molar-refractivity contribution < 1.29 is 0 Å². The summed E-state index contributed by atoms with van der Waals surface area (Å²) < 4.78 is 0. The number of pyridine rings is 1. The topological polar surface area (TPSA) is 38.7 Å². The average molecular weight is 220 g/mol. The lowest BCUT2D eigenvalue weighted by molar-refractivity contribution is 0.945. The van der Waals surface area contributed by atoms with Crippen LogP contribution in [0.25, 0.3) is 11.4 Å². The van der Waals surface area contributed by atoms with Crippen LogP contribution >= 0.6 is 11.6 Å². The minimum Gasteiger partial charge on any atom is -0.255 e. The Kier molecular flexibility index (Phi) is 3.25. The van der Waals surface area contributed by atoms with Gasteiger partial charge in [0.05, 0.1) is 11.4 Å². The fourth-order valence-electron chi connectivity index (χ4n) is 1.26. The van der Waals surface area contributed by atoms with E-state index in [2.05, 4.69) is 15.0 Å². The van der Waals surface area contributed by atoms with Crippen molar-refractivity contribution in [1.82, 2.24) is 15.0 Å². The molecule has 0 unspecified atom stereocenters. The Hall–Kier alpha value is -1.48. The summed E-state index contributed by atoms with van der Waals surface area (Å²) in [5, 5.41) is 0. The van der Waals surface area contributed by atoms with Gasteiger partial charge in [-0.2, -0.15) is 0 Å². The molecule has 0 aliphatic rings. The predicted molar refractivity (Wildman–Crippen MR) is 59.7 cm³/mol. The highest BCUT2D eigenvalue weighted by Crippen LogP contribution is 2.12. The summed E-state index contributed by atoms with van der Waals surface area (Å²) in [5.41, 5.74) is 1.70. The number of rotatable bonds is 3. The monoisotopic (exact) mass is 219 g/mol. The van der Waals surface area contributed by atoms with E-state index in [9.17, 15) is 0 Å². The molecule has 0 fully saturated rings. The molecule has 0 spiro atoms. The standard InChI is InChI=1S/C11H10ClN3/c12-6-4-11-14-8-5-10(15-11)9-3-1-2-7-13-9/h1-3,5,7-8H,4,6H2. The van der Waals surface area contributed by atoms with Crippen molar-refractivity contribution in [2.45, 2.75) is 6.42 Å². The SMILES string of the molecule is ClCCc1nccc(-c2ccccn2)n1. The first-order chi connectivity index (χ1) is 7.40. The molecule has 4 heteroatoms. The number of nitrogens with zero attached hydrogens (tertiary/aromatic N) is 3. The van der Waals surface area contributed by atoms with Gasteiger partial charge >= 0.3 is 0 Å². The third-order valence-corrected chi connectivity index (χ3v) is 2.14. The maximum Gasteiger partial charge on any atom is 0.130 e. The quantitative estimate of drug-likeness (QED) is 0.744. The second kappa shape index (κ2) is 4.84. The fourth-order valence-corrected chi connectivity index (χ4v) is 1.43. The normalized spacial score (nSPS) is 10.2. The highest BCUT2D eigenvalue weighted by atomic mass is 35.5. The number of hydrogen-bond acceptors (Lipinski definition) is 3. The Balaban J connectivity index is 2.33. The molecular formula is C11H10ClN3. The maximum absolute atomic E-state index is 5.64. The lowest BCUT2D eigenvalue weighted by Gasteiger charge is -2.01. The molecule has 2 rings (SSSR count). The summed E-state index contributed by atoms with van der Waals surface area (Å²) in [4.78, 5) is 12.7. The van der Waals surface area contributed by atoms with Crippen LogP contribution < -0.4 is 0 Å². The first-order valence-electron chi connectivity index (χ1n) is 4.69. The Morgan fingerprint density at radius 1 is 1.00 bits per heavy atom. The van der Waals surface area contributed by atoms with Crippen LogP contribution in [0.4, 0.5) is 0 Å². The summed E-state index contributed by atoms with van der Waals surface area (Å²) >= 11 is 5.64. The van der Waals surface area contributed by atoms with E-state index in [1.807, 2.05) is 24.3 Å². The van der Waals surface area contributed by atoms with Gasteiger partial charge in [-0.15, -0.1) is 11.6 Å². The van der Waals surface area contributed by atoms with E-state index in [0.29, 0.717) is 12.3 Å². The molecule has 0 bridgehead atoms. The van der Waals surface area contributed by atoms with Crippen molar-refractivity contribution >= 4 is 11.6 Å². The Morgan fingerprint density at radius 3 is 2.67 bits per heavy atom. The number of aromatic nitrogens is 3.